The first kappa shape index (κ1) is 12.5. The molecule has 0 bridgehead atoms. The number of carbonyl (C=O) groups excluding carboxylic acids is 2. The van der Waals surface area contributed by atoms with E-state index in [9.17, 15) is 9.59 Å². The van der Waals surface area contributed by atoms with Crippen LogP contribution >= 0.6 is 11.6 Å². The van der Waals surface area contributed by atoms with Crippen LogP contribution in [0.3, 0.4) is 0 Å². The van der Waals surface area contributed by atoms with Gasteiger partial charge in [0.1, 0.15) is 13.2 Å². The summed E-state index contributed by atoms with van der Waals surface area (Å²) in [4.78, 5) is 24.1. The molecule has 3 aliphatic heterocycles. The van der Waals surface area contributed by atoms with Crippen LogP contribution in [0.4, 0.5) is 0 Å². The van der Waals surface area contributed by atoms with Gasteiger partial charge in [0.2, 0.25) is 0 Å². The molecular weight excluding hydrogens is 294 g/mol. The molecule has 106 valence electrons. The van der Waals surface area contributed by atoms with E-state index in [2.05, 4.69) is 5.32 Å². The third-order valence-corrected chi connectivity index (χ3v) is 4.22. The van der Waals surface area contributed by atoms with Crippen molar-refractivity contribution in [2.75, 3.05) is 13.2 Å². The highest BCUT2D eigenvalue weighted by Gasteiger charge is 2.45. The van der Waals surface area contributed by atoms with Gasteiger partial charge in [-0.05, 0) is 11.6 Å². The topological polar surface area (TPSA) is 64.6 Å². The third kappa shape index (κ3) is 1.70. The summed E-state index contributed by atoms with van der Waals surface area (Å²) in [6.07, 6.45) is 0. The van der Waals surface area contributed by atoms with Gasteiger partial charge in [0, 0.05) is 5.02 Å². The number of dihydropyridines is 1. The van der Waals surface area contributed by atoms with Crippen LogP contribution < -0.4 is 5.32 Å². The van der Waals surface area contributed by atoms with Crippen molar-refractivity contribution in [1.82, 2.24) is 5.32 Å². The van der Waals surface area contributed by atoms with E-state index in [1.54, 1.807) is 12.1 Å². The molecule has 0 saturated heterocycles. The van der Waals surface area contributed by atoms with Crippen LogP contribution in [0.5, 0.6) is 0 Å². The molecule has 21 heavy (non-hydrogen) atoms. The van der Waals surface area contributed by atoms with Crippen molar-refractivity contribution in [2.45, 2.75) is 5.92 Å². The number of hydrogen-bond donors (Lipinski definition) is 1. The predicted octanol–water partition coefficient (Wildman–Crippen LogP) is 1.65. The highest BCUT2D eigenvalue weighted by Crippen LogP contribution is 2.44. The van der Waals surface area contributed by atoms with Gasteiger partial charge in [0.05, 0.1) is 28.5 Å². The van der Waals surface area contributed by atoms with Gasteiger partial charge in [-0.15, -0.1) is 0 Å². The van der Waals surface area contributed by atoms with Crippen molar-refractivity contribution in [3.05, 3.63) is 57.4 Å². The molecular formula is C15H10ClNO4. The number of rotatable bonds is 1. The SMILES string of the molecule is O=C1OCC2=C1C(c1ccccc1Cl)C1=C(COC1=O)N2. The zero-order chi connectivity index (χ0) is 14.6. The number of nitrogens with one attached hydrogen (secondary N) is 1. The molecule has 1 aromatic carbocycles. The Hall–Kier alpha value is -2.27. The maximum Gasteiger partial charge on any atom is 0.337 e. The molecule has 0 radical (unpaired) electrons. The second kappa shape index (κ2) is 4.36. The molecule has 6 heteroatoms. The highest BCUT2D eigenvalue weighted by molar-refractivity contribution is 6.31. The number of halogens is 1. The fourth-order valence-corrected chi connectivity index (χ4v) is 3.22. The number of benzene rings is 1. The average molecular weight is 304 g/mol. The molecule has 0 aliphatic carbocycles. The summed E-state index contributed by atoms with van der Waals surface area (Å²) < 4.78 is 10.2. The summed E-state index contributed by atoms with van der Waals surface area (Å²) in [5.41, 5.74) is 2.96. The summed E-state index contributed by atoms with van der Waals surface area (Å²) in [7, 11) is 0. The van der Waals surface area contributed by atoms with Crippen molar-refractivity contribution >= 4 is 23.5 Å². The van der Waals surface area contributed by atoms with Crippen LogP contribution in [0.25, 0.3) is 0 Å². The van der Waals surface area contributed by atoms with E-state index in [0.717, 1.165) is 0 Å². The fourth-order valence-electron chi connectivity index (χ4n) is 2.97. The van der Waals surface area contributed by atoms with Gasteiger partial charge < -0.3 is 14.8 Å². The molecule has 0 saturated carbocycles. The van der Waals surface area contributed by atoms with Gasteiger partial charge in [0.15, 0.2) is 0 Å². The molecule has 3 aliphatic rings. The highest BCUT2D eigenvalue weighted by atomic mass is 35.5. The molecule has 0 amide bonds. The lowest BCUT2D eigenvalue weighted by Crippen LogP contribution is -2.27. The predicted molar refractivity (Wildman–Crippen MR) is 73.3 cm³/mol. The van der Waals surface area contributed by atoms with E-state index < -0.39 is 17.9 Å². The van der Waals surface area contributed by atoms with Crippen molar-refractivity contribution < 1.29 is 19.1 Å². The molecule has 3 heterocycles. The van der Waals surface area contributed by atoms with E-state index in [1.807, 2.05) is 12.1 Å². The molecule has 0 spiro atoms. The smallest absolute Gasteiger partial charge is 0.337 e. The Morgan fingerprint density at radius 3 is 2.14 bits per heavy atom. The van der Waals surface area contributed by atoms with E-state index >= 15 is 0 Å². The first-order chi connectivity index (χ1) is 10.2. The first-order valence-electron chi connectivity index (χ1n) is 6.48. The first-order valence-corrected chi connectivity index (χ1v) is 6.86. The summed E-state index contributed by atoms with van der Waals surface area (Å²) in [5.74, 6) is -1.38. The third-order valence-electron chi connectivity index (χ3n) is 3.88. The van der Waals surface area contributed by atoms with E-state index in [-0.39, 0.29) is 13.2 Å². The number of cyclic esters (lactones) is 2. The second-order valence-corrected chi connectivity index (χ2v) is 5.42. The van der Waals surface area contributed by atoms with E-state index in [0.29, 0.717) is 33.1 Å². The van der Waals surface area contributed by atoms with Gasteiger partial charge in [-0.3, -0.25) is 0 Å². The summed E-state index contributed by atoms with van der Waals surface area (Å²) in [6, 6.07) is 7.17. The van der Waals surface area contributed by atoms with Gasteiger partial charge in [0.25, 0.3) is 0 Å². The van der Waals surface area contributed by atoms with Crippen LogP contribution in [-0.2, 0) is 19.1 Å². The van der Waals surface area contributed by atoms with Crippen molar-refractivity contribution in [3.8, 4) is 0 Å². The van der Waals surface area contributed by atoms with Crippen molar-refractivity contribution in [2.24, 2.45) is 0 Å². The van der Waals surface area contributed by atoms with E-state index in [1.165, 1.54) is 0 Å². The second-order valence-electron chi connectivity index (χ2n) is 5.02. The summed E-state index contributed by atoms with van der Waals surface area (Å²) >= 11 is 6.26. The maximum atomic E-state index is 12.1. The molecule has 0 atom stereocenters. The van der Waals surface area contributed by atoms with Crippen molar-refractivity contribution in [1.29, 1.82) is 0 Å². The van der Waals surface area contributed by atoms with Crippen LogP contribution in [0.1, 0.15) is 11.5 Å². The number of hydrogen-bond acceptors (Lipinski definition) is 5. The Labute approximate surface area is 125 Å². The van der Waals surface area contributed by atoms with Gasteiger partial charge in [-0.1, -0.05) is 29.8 Å². The lowest BCUT2D eigenvalue weighted by molar-refractivity contribution is -0.136. The normalized spacial score (nSPS) is 21.0. The monoisotopic (exact) mass is 303 g/mol. The minimum atomic E-state index is -0.532. The average Bonchev–Trinajstić information content (AvgIpc) is 3.03. The lowest BCUT2D eigenvalue weighted by atomic mass is 9.81. The van der Waals surface area contributed by atoms with Gasteiger partial charge in [-0.2, -0.15) is 0 Å². The maximum absolute atomic E-state index is 12.1. The summed E-state index contributed by atoms with van der Waals surface area (Å²) in [5, 5.41) is 3.58. The quantitative estimate of drug-likeness (QED) is 0.799. The Kier molecular flexibility index (Phi) is 2.59. The number of esters is 2. The Morgan fingerprint density at radius 1 is 1.00 bits per heavy atom. The Balaban J connectivity index is 1.94. The van der Waals surface area contributed by atoms with Crippen molar-refractivity contribution in [3.63, 3.8) is 0 Å². The molecule has 5 nitrogen and oxygen atoms in total. The number of carbonyl (C=O) groups is 2. The zero-order valence-corrected chi connectivity index (χ0v) is 11.6. The summed E-state index contributed by atoms with van der Waals surface area (Å²) in [6.45, 7) is 0.361. The standard InChI is InChI=1S/C15H10ClNO4/c16-8-4-2-1-3-7(8)11-12-9(5-20-14(12)18)17-10-6-21-15(19)13(10)11/h1-4,11,17H,5-6H2. The largest absolute Gasteiger partial charge is 0.456 e. The zero-order valence-electron chi connectivity index (χ0n) is 10.8. The van der Waals surface area contributed by atoms with Crippen LogP contribution in [0.15, 0.2) is 46.8 Å². The Bertz CT molecular complexity index is 710. The molecule has 0 unspecified atom stereocenters. The van der Waals surface area contributed by atoms with Crippen LogP contribution in [-0.4, -0.2) is 25.2 Å². The van der Waals surface area contributed by atoms with Crippen LogP contribution in [0.2, 0.25) is 5.02 Å². The molecule has 0 aromatic heterocycles. The fraction of sp³-hybridized carbons (Fsp3) is 0.200. The molecule has 0 fully saturated rings. The van der Waals surface area contributed by atoms with Gasteiger partial charge >= 0.3 is 11.9 Å². The number of ether oxygens (including phenoxy) is 2. The Morgan fingerprint density at radius 2 is 1.57 bits per heavy atom. The van der Waals surface area contributed by atoms with Crippen LogP contribution in [0, 0.1) is 0 Å². The minimum Gasteiger partial charge on any atom is -0.456 e. The van der Waals surface area contributed by atoms with Gasteiger partial charge in [-0.25, -0.2) is 9.59 Å². The molecule has 1 aromatic rings. The molecule has 1 N–H and O–H groups in total. The molecule has 4 rings (SSSR count). The lowest BCUT2D eigenvalue weighted by Gasteiger charge is -2.24. The minimum absolute atomic E-state index is 0.181. The van der Waals surface area contributed by atoms with E-state index in [4.69, 9.17) is 21.1 Å².